The number of aliphatic hydroxyl groups is 1. The number of aliphatic hydroxyl groups excluding tert-OH is 1. The first-order chi connectivity index (χ1) is 16.3. The quantitative estimate of drug-likeness (QED) is 0.438. The molecular formula is C25H30N3O6+. The lowest BCUT2D eigenvalue weighted by Gasteiger charge is -2.24. The molecule has 1 aliphatic rings. The monoisotopic (exact) mass is 468 g/mol. The van der Waals surface area contributed by atoms with Crippen molar-refractivity contribution in [1.82, 2.24) is 5.32 Å². The molecule has 34 heavy (non-hydrogen) atoms. The minimum absolute atomic E-state index is 0.0879. The number of carbonyl (C=O) groups is 3. The van der Waals surface area contributed by atoms with E-state index in [0.29, 0.717) is 13.0 Å². The summed E-state index contributed by atoms with van der Waals surface area (Å²) >= 11 is 0. The van der Waals surface area contributed by atoms with Gasteiger partial charge in [0.2, 0.25) is 6.54 Å². The molecule has 180 valence electrons. The lowest BCUT2D eigenvalue weighted by atomic mass is 10.1. The van der Waals surface area contributed by atoms with Gasteiger partial charge in [-0.15, -0.1) is 0 Å². The molecule has 9 nitrogen and oxygen atoms in total. The van der Waals surface area contributed by atoms with Crippen molar-refractivity contribution in [3.8, 4) is 0 Å². The number of anilines is 1. The van der Waals surface area contributed by atoms with Crippen LogP contribution in [0.25, 0.3) is 12.2 Å². The van der Waals surface area contributed by atoms with Crippen LogP contribution in [0.3, 0.4) is 0 Å². The van der Waals surface area contributed by atoms with Crippen molar-refractivity contribution in [2.75, 3.05) is 25.7 Å². The Morgan fingerprint density at radius 2 is 1.71 bits per heavy atom. The van der Waals surface area contributed by atoms with E-state index in [9.17, 15) is 19.5 Å². The number of benzene rings is 1. The average Bonchev–Trinajstić information content (AvgIpc) is 3.24. The van der Waals surface area contributed by atoms with Crippen LogP contribution in [0.15, 0.2) is 48.8 Å². The zero-order valence-electron chi connectivity index (χ0n) is 19.5. The van der Waals surface area contributed by atoms with E-state index in [1.165, 1.54) is 14.2 Å². The summed E-state index contributed by atoms with van der Waals surface area (Å²) < 4.78 is 11.2. The zero-order valence-corrected chi connectivity index (χ0v) is 19.5. The molecule has 3 unspecified atom stereocenters. The first kappa shape index (κ1) is 24.9. The van der Waals surface area contributed by atoms with E-state index < -0.39 is 24.2 Å². The van der Waals surface area contributed by atoms with Gasteiger partial charge in [-0.05, 0) is 30.2 Å². The number of pyridine rings is 1. The Hall–Kier alpha value is -3.72. The highest BCUT2D eigenvalue weighted by Crippen LogP contribution is 2.27. The molecule has 1 amide bonds. The minimum Gasteiger partial charge on any atom is -0.467 e. The van der Waals surface area contributed by atoms with Crippen LogP contribution < -0.4 is 14.8 Å². The average molecular weight is 469 g/mol. The number of nitrogens with zero attached hydrogens (tertiary/aromatic N) is 2. The summed E-state index contributed by atoms with van der Waals surface area (Å²) in [6.45, 7) is 2.05. The first-order valence-electron chi connectivity index (χ1n) is 11.0. The fourth-order valence-electron chi connectivity index (χ4n) is 3.80. The van der Waals surface area contributed by atoms with Crippen molar-refractivity contribution in [3.05, 3.63) is 59.9 Å². The Kier molecular flexibility index (Phi) is 8.37. The molecule has 0 spiro atoms. The maximum Gasteiger partial charge on any atom is 0.328 e. The second kappa shape index (κ2) is 11.4. The van der Waals surface area contributed by atoms with Crippen LogP contribution in [-0.4, -0.2) is 61.9 Å². The van der Waals surface area contributed by atoms with Crippen LogP contribution in [0.5, 0.6) is 0 Å². The maximum atomic E-state index is 12.1. The second-order valence-corrected chi connectivity index (χ2v) is 8.12. The topological polar surface area (TPSA) is 109 Å². The Morgan fingerprint density at radius 3 is 2.29 bits per heavy atom. The van der Waals surface area contributed by atoms with Gasteiger partial charge in [0.25, 0.3) is 5.91 Å². The van der Waals surface area contributed by atoms with E-state index >= 15 is 0 Å². The van der Waals surface area contributed by atoms with Crippen LogP contribution in [0.1, 0.15) is 24.5 Å². The van der Waals surface area contributed by atoms with Crippen molar-refractivity contribution in [1.29, 1.82) is 0 Å². The van der Waals surface area contributed by atoms with E-state index in [-0.39, 0.29) is 18.4 Å². The molecular weight excluding hydrogens is 438 g/mol. The fraction of sp³-hybridized carbons (Fsp3) is 0.360. The van der Waals surface area contributed by atoms with Gasteiger partial charge >= 0.3 is 11.9 Å². The lowest BCUT2D eigenvalue weighted by Crippen LogP contribution is -2.47. The summed E-state index contributed by atoms with van der Waals surface area (Å²) in [5.74, 6) is -1.13. The summed E-state index contributed by atoms with van der Waals surface area (Å²) in [6.07, 6.45) is 7.29. The molecule has 1 aromatic heterocycles. The molecule has 3 atom stereocenters. The predicted molar refractivity (Wildman–Crippen MR) is 125 cm³/mol. The number of esters is 2. The second-order valence-electron chi connectivity index (χ2n) is 8.12. The molecule has 0 aliphatic carbocycles. The summed E-state index contributed by atoms with van der Waals surface area (Å²) in [4.78, 5) is 37.3. The third-order valence-electron chi connectivity index (χ3n) is 5.62. The first-order valence-corrected chi connectivity index (χ1v) is 11.0. The number of β-amino-alcohol motifs (C(OH)–C–C–N with tert-alkyl or cyclic N) is 1. The molecule has 3 rings (SSSR count). The van der Waals surface area contributed by atoms with Crippen molar-refractivity contribution in [2.45, 2.75) is 38.1 Å². The molecule has 0 saturated carbocycles. The number of rotatable bonds is 8. The number of hydrogen-bond donors (Lipinski definition) is 2. The van der Waals surface area contributed by atoms with Gasteiger partial charge in [-0.25, -0.2) is 9.59 Å². The molecule has 1 fully saturated rings. The molecule has 0 radical (unpaired) electrons. The summed E-state index contributed by atoms with van der Waals surface area (Å²) in [6, 6.07) is 10.3. The minimum atomic E-state index is -0.700. The highest BCUT2D eigenvalue weighted by molar-refractivity contribution is 5.83. The third kappa shape index (κ3) is 6.41. The van der Waals surface area contributed by atoms with E-state index in [4.69, 9.17) is 4.74 Å². The number of aromatic nitrogens is 1. The van der Waals surface area contributed by atoms with E-state index in [1.807, 2.05) is 53.5 Å². The van der Waals surface area contributed by atoms with Gasteiger partial charge in [0.1, 0.15) is 12.1 Å². The maximum absolute atomic E-state index is 12.1. The van der Waals surface area contributed by atoms with Gasteiger partial charge in [0, 0.05) is 30.8 Å². The van der Waals surface area contributed by atoms with Gasteiger partial charge in [-0.3, -0.25) is 4.79 Å². The summed E-state index contributed by atoms with van der Waals surface area (Å²) in [5, 5.41) is 12.6. The Morgan fingerprint density at radius 1 is 1.09 bits per heavy atom. The Balaban J connectivity index is 1.58. The van der Waals surface area contributed by atoms with E-state index in [1.54, 1.807) is 23.9 Å². The Labute approximate surface area is 198 Å². The molecule has 2 heterocycles. The number of nitrogens with one attached hydrogen (secondary N) is 1. The van der Waals surface area contributed by atoms with Crippen molar-refractivity contribution >= 4 is 35.7 Å². The van der Waals surface area contributed by atoms with Crippen LogP contribution in [0.2, 0.25) is 0 Å². The standard InChI is InChI=1S/C25H29N3O6/c1-17(24(31)33-2)26-23(30)16-27-12-10-19(11-13-27)5-4-18-6-8-20(9-7-18)28-15-21(29)14-22(28)25(32)34-3/h4-13,17,21-22,29H,14-16H2,1-3H3/p+1. The molecule has 1 aliphatic heterocycles. The highest BCUT2D eigenvalue weighted by atomic mass is 16.5. The molecule has 2 aromatic rings. The molecule has 0 bridgehead atoms. The van der Waals surface area contributed by atoms with Gasteiger partial charge < -0.3 is 24.8 Å². The van der Waals surface area contributed by atoms with Crippen molar-refractivity contribution in [2.24, 2.45) is 0 Å². The zero-order chi connectivity index (χ0) is 24.7. The molecule has 1 aromatic carbocycles. The van der Waals surface area contributed by atoms with Crippen molar-refractivity contribution < 1.29 is 33.5 Å². The number of methoxy groups -OCH3 is 2. The fourth-order valence-corrected chi connectivity index (χ4v) is 3.80. The van der Waals surface area contributed by atoms with Crippen LogP contribution >= 0.6 is 0 Å². The van der Waals surface area contributed by atoms with Crippen LogP contribution in [0, 0.1) is 0 Å². The number of ether oxygens (including phenoxy) is 2. The summed E-state index contributed by atoms with van der Waals surface area (Å²) in [5.41, 5.74) is 2.78. The van der Waals surface area contributed by atoms with E-state index in [0.717, 1.165) is 16.8 Å². The highest BCUT2D eigenvalue weighted by Gasteiger charge is 2.36. The normalized spacial score (nSPS) is 18.5. The van der Waals surface area contributed by atoms with Crippen LogP contribution in [0.4, 0.5) is 5.69 Å². The lowest BCUT2D eigenvalue weighted by molar-refractivity contribution is -0.684. The third-order valence-corrected chi connectivity index (χ3v) is 5.62. The molecule has 1 saturated heterocycles. The molecule has 9 heteroatoms. The van der Waals surface area contributed by atoms with Gasteiger partial charge in [0.15, 0.2) is 12.4 Å². The van der Waals surface area contributed by atoms with Crippen LogP contribution in [-0.2, 0) is 30.4 Å². The smallest absolute Gasteiger partial charge is 0.328 e. The molecule has 2 N–H and O–H groups in total. The Bertz CT molecular complexity index is 1040. The summed E-state index contributed by atoms with van der Waals surface area (Å²) in [7, 11) is 2.63. The number of carbonyl (C=O) groups excluding carboxylic acids is 3. The van der Waals surface area contributed by atoms with E-state index in [2.05, 4.69) is 10.1 Å². The predicted octanol–water partition coefficient (Wildman–Crippen LogP) is 0.935. The number of amides is 1. The van der Waals surface area contributed by atoms with Gasteiger partial charge in [-0.1, -0.05) is 24.3 Å². The largest absolute Gasteiger partial charge is 0.467 e. The van der Waals surface area contributed by atoms with Gasteiger partial charge in [0.05, 0.1) is 20.3 Å². The SMILES string of the molecule is COC(=O)C(C)NC(=O)C[n+]1ccc(/C=C/c2ccc(N3CC(O)CC3C(=O)OC)cc2)cc1. The van der Waals surface area contributed by atoms with Gasteiger partial charge in [-0.2, -0.15) is 4.57 Å². The number of hydrogen-bond acceptors (Lipinski definition) is 7. The van der Waals surface area contributed by atoms with Crippen molar-refractivity contribution in [3.63, 3.8) is 0 Å².